The van der Waals surface area contributed by atoms with Gasteiger partial charge < -0.3 is 10.6 Å². The van der Waals surface area contributed by atoms with Gasteiger partial charge in [-0.25, -0.2) is 0 Å². The van der Waals surface area contributed by atoms with Crippen molar-refractivity contribution in [1.82, 2.24) is 10.6 Å². The van der Waals surface area contributed by atoms with Crippen LogP contribution in [0.3, 0.4) is 0 Å². The number of carbonyl (C=O) groups excluding carboxylic acids is 2. The molecule has 2 rings (SSSR count). The van der Waals surface area contributed by atoms with Crippen molar-refractivity contribution in [3.63, 3.8) is 0 Å². The van der Waals surface area contributed by atoms with Crippen LogP contribution < -0.4 is 10.6 Å². The molecule has 1 heterocycles. The summed E-state index contributed by atoms with van der Waals surface area (Å²) in [5.74, 6) is -0.448. The third-order valence-electron chi connectivity index (χ3n) is 2.94. The Hall–Kier alpha value is -1.66. The molecule has 21 heavy (non-hydrogen) atoms. The highest BCUT2D eigenvalue weighted by Gasteiger charge is 2.11. The summed E-state index contributed by atoms with van der Waals surface area (Å²) >= 11 is 4.82. The number of halogens is 1. The summed E-state index contributed by atoms with van der Waals surface area (Å²) in [6.45, 7) is 1.87. The zero-order valence-corrected chi connectivity index (χ0v) is 13.8. The first kappa shape index (κ1) is 15.7. The zero-order valence-electron chi connectivity index (χ0n) is 11.4. The van der Waals surface area contributed by atoms with Gasteiger partial charge in [0.25, 0.3) is 5.91 Å². The lowest BCUT2D eigenvalue weighted by molar-refractivity contribution is -0.120. The van der Waals surface area contributed by atoms with Crippen LogP contribution in [0, 0.1) is 0 Å². The van der Waals surface area contributed by atoms with Gasteiger partial charge in [-0.2, -0.15) is 11.3 Å². The van der Waals surface area contributed by atoms with Gasteiger partial charge in [-0.15, -0.1) is 0 Å². The Balaban J connectivity index is 1.81. The quantitative estimate of drug-likeness (QED) is 0.853. The van der Waals surface area contributed by atoms with Crippen LogP contribution in [0.5, 0.6) is 0 Å². The third kappa shape index (κ3) is 4.68. The maximum Gasteiger partial charge on any atom is 0.252 e. The third-order valence-corrected chi connectivity index (χ3v) is 4.15. The molecule has 1 aromatic heterocycles. The molecule has 110 valence electrons. The van der Waals surface area contributed by atoms with Crippen molar-refractivity contribution in [3.05, 3.63) is 56.7 Å². The van der Waals surface area contributed by atoms with E-state index in [0.29, 0.717) is 5.56 Å². The molecule has 0 aliphatic rings. The van der Waals surface area contributed by atoms with Crippen molar-refractivity contribution in [1.29, 1.82) is 0 Å². The molecule has 2 N–H and O–H groups in total. The number of hydrogen-bond acceptors (Lipinski definition) is 3. The Morgan fingerprint density at radius 2 is 1.95 bits per heavy atom. The lowest BCUT2D eigenvalue weighted by Crippen LogP contribution is -2.37. The summed E-state index contributed by atoms with van der Waals surface area (Å²) in [6, 6.07) is 9.36. The summed E-state index contributed by atoms with van der Waals surface area (Å²) in [5.41, 5.74) is 1.59. The van der Waals surface area contributed by atoms with Gasteiger partial charge in [0.2, 0.25) is 5.91 Å². The van der Waals surface area contributed by atoms with Gasteiger partial charge in [0, 0.05) is 15.4 Å². The fourth-order valence-electron chi connectivity index (χ4n) is 1.78. The summed E-state index contributed by atoms with van der Waals surface area (Å²) in [4.78, 5) is 23.5. The molecule has 1 atom stereocenters. The average molecular weight is 367 g/mol. The SMILES string of the molecule is C[C@@H](NC(=O)CNC(=O)c1ccsc1)c1ccc(Br)cc1. The Kier molecular flexibility index (Phi) is 5.52. The van der Waals surface area contributed by atoms with Crippen molar-refractivity contribution >= 4 is 39.1 Å². The molecule has 0 saturated carbocycles. The second-order valence-electron chi connectivity index (χ2n) is 4.54. The second kappa shape index (κ2) is 7.38. The lowest BCUT2D eigenvalue weighted by atomic mass is 10.1. The first-order valence-electron chi connectivity index (χ1n) is 6.41. The van der Waals surface area contributed by atoms with E-state index in [2.05, 4.69) is 26.6 Å². The highest BCUT2D eigenvalue weighted by molar-refractivity contribution is 9.10. The van der Waals surface area contributed by atoms with E-state index in [4.69, 9.17) is 0 Å². The molecule has 0 radical (unpaired) electrons. The van der Waals surface area contributed by atoms with Gasteiger partial charge in [0.15, 0.2) is 0 Å². The van der Waals surface area contributed by atoms with Crippen LogP contribution in [0.1, 0.15) is 28.9 Å². The minimum atomic E-state index is -0.234. The fourth-order valence-corrected chi connectivity index (χ4v) is 2.68. The Morgan fingerprint density at radius 3 is 2.57 bits per heavy atom. The predicted octanol–water partition coefficient (Wildman–Crippen LogP) is 3.12. The molecule has 2 amide bonds. The van der Waals surface area contributed by atoms with Crippen molar-refractivity contribution in [2.75, 3.05) is 6.54 Å². The fraction of sp³-hybridized carbons (Fsp3) is 0.200. The normalized spacial score (nSPS) is 11.7. The maximum absolute atomic E-state index is 11.8. The van der Waals surface area contributed by atoms with Crippen LogP contribution in [-0.4, -0.2) is 18.4 Å². The van der Waals surface area contributed by atoms with Crippen molar-refractivity contribution < 1.29 is 9.59 Å². The first-order valence-corrected chi connectivity index (χ1v) is 8.15. The zero-order chi connectivity index (χ0) is 15.2. The summed E-state index contributed by atoms with van der Waals surface area (Å²) in [5, 5.41) is 9.02. The first-order chi connectivity index (χ1) is 10.1. The molecule has 2 aromatic rings. The Morgan fingerprint density at radius 1 is 1.24 bits per heavy atom. The van der Waals surface area contributed by atoms with Crippen LogP contribution >= 0.6 is 27.3 Å². The molecule has 0 bridgehead atoms. The van der Waals surface area contributed by atoms with E-state index in [9.17, 15) is 9.59 Å². The second-order valence-corrected chi connectivity index (χ2v) is 6.23. The van der Waals surface area contributed by atoms with E-state index >= 15 is 0 Å². The van der Waals surface area contributed by atoms with Gasteiger partial charge in [-0.05, 0) is 36.1 Å². The van der Waals surface area contributed by atoms with Crippen molar-refractivity contribution in [2.45, 2.75) is 13.0 Å². The smallest absolute Gasteiger partial charge is 0.252 e. The molecule has 0 fully saturated rings. The van der Waals surface area contributed by atoms with Crippen molar-refractivity contribution in [3.8, 4) is 0 Å². The average Bonchev–Trinajstić information content (AvgIpc) is 2.99. The predicted molar refractivity (Wildman–Crippen MR) is 87.4 cm³/mol. The van der Waals surface area contributed by atoms with Crippen LogP contribution in [-0.2, 0) is 4.79 Å². The molecule has 0 aliphatic carbocycles. The van der Waals surface area contributed by atoms with E-state index in [0.717, 1.165) is 10.0 Å². The minimum absolute atomic E-state index is 0.0322. The molecule has 0 spiro atoms. The molecular formula is C15H15BrN2O2S. The molecule has 0 saturated heterocycles. The topological polar surface area (TPSA) is 58.2 Å². The maximum atomic E-state index is 11.8. The molecule has 4 nitrogen and oxygen atoms in total. The number of nitrogens with one attached hydrogen (secondary N) is 2. The number of rotatable bonds is 5. The summed E-state index contributed by atoms with van der Waals surface area (Å²) in [6.07, 6.45) is 0. The Labute approximate surface area is 135 Å². The van der Waals surface area contributed by atoms with E-state index < -0.39 is 0 Å². The van der Waals surface area contributed by atoms with E-state index in [1.807, 2.05) is 36.6 Å². The van der Waals surface area contributed by atoms with Crippen LogP contribution in [0.25, 0.3) is 0 Å². The van der Waals surface area contributed by atoms with Gasteiger partial charge in [0.1, 0.15) is 0 Å². The number of carbonyl (C=O) groups is 2. The van der Waals surface area contributed by atoms with Crippen LogP contribution in [0.2, 0.25) is 0 Å². The molecule has 6 heteroatoms. The molecule has 0 unspecified atom stereocenters. The highest BCUT2D eigenvalue weighted by atomic mass is 79.9. The van der Waals surface area contributed by atoms with E-state index in [-0.39, 0.29) is 24.4 Å². The molecular weight excluding hydrogens is 352 g/mol. The van der Waals surface area contributed by atoms with Gasteiger partial charge in [0.05, 0.1) is 12.6 Å². The van der Waals surface area contributed by atoms with Crippen molar-refractivity contribution in [2.24, 2.45) is 0 Å². The number of hydrogen-bond donors (Lipinski definition) is 2. The van der Waals surface area contributed by atoms with E-state index in [1.165, 1.54) is 11.3 Å². The van der Waals surface area contributed by atoms with Crippen LogP contribution in [0.15, 0.2) is 45.6 Å². The lowest BCUT2D eigenvalue weighted by Gasteiger charge is -2.14. The monoisotopic (exact) mass is 366 g/mol. The van der Waals surface area contributed by atoms with Gasteiger partial charge in [-0.3, -0.25) is 9.59 Å². The van der Waals surface area contributed by atoms with E-state index in [1.54, 1.807) is 11.4 Å². The standard InChI is InChI=1S/C15H15BrN2O2S/c1-10(11-2-4-13(16)5-3-11)18-14(19)8-17-15(20)12-6-7-21-9-12/h2-7,9-10H,8H2,1H3,(H,17,20)(H,18,19)/t10-/m1/s1. The van der Waals surface area contributed by atoms with Crippen LogP contribution in [0.4, 0.5) is 0 Å². The highest BCUT2D eigenvalue weighted by Crippen LogP contribution is 2.16. The molecule has 1 aromatic carbocycles. The minimum Gasteiger partial charge on any atom is -0.348 e. The van der Waals surface area contributed by atoms with Gasteiger partial charge in [-0.1, -0.05) is 28.1 Å². The number of amides is 2. The largest absolute Gasteiger partial charge is 0.348 e. The summed E-state index contributed by atoms with van der Waals surface area (Å²) < 4.78 is 0.993. The molecule has 0 aliphatic heterocycles. The summed E-state index contributed by atoms with van der Waals surface area (Å²) in [7, 11) is 0. The number of benzene rings is 1. The number of thiophene rings is 1. The Bertz CT molecular complexity index is 611. The van der Waals surface area contributed by atoms with Gasteiger partial charge >= 0.3 is 0 Å².